The molecule has 11 heteroatoms. The van der Waals surface area contributed by atoms with Crippen LogP contribution in [0, 0.1) is 17.6 Å². The molecule has 0 bridgehead atoms. The standard InChI is InChI=1S/C25H28F2N4O5/c1-35-20(32)10-11-28-25(34)30-17-6-2-14(3-7-17)21-22(31-21)23(33)19-12-16(27)13-29-24(19)36-18-8-4-15(26)5-9-18/h4-5,8-9,12-14,17,21-22,31H,2-3,6-7,10-11H2,1H3,(H2,28,30,34). The lowest BCUT2D eigenvalue weighted by Gasteiger charge is -2.28. The van der Waals surface area contributed by atoms with Crippen LogP contribution < -0.4 is 20.7 Å². The van der Waals surface area contributed by atoms with Crippen LogP contribution in [0.4, 0.5) is 13.6 Å². The van der Waals surface area contributed by atoms with Gasteiger partial charge in [-0.3, -0.25) is 9.59 Å². The molecule has 1 aromatic heterocycles. The molecule has 2 amide bonds. The molecule has 4 rings (SSSR count). The second-order valence-corrected chi connectivity index (χ2v) is 8.93. The van der Waals surface area contributed by atoms with Crippen LogP contribution in [0.2, 0.25) is 0 Å². The molecule has 2 atom stereocenters. The Bertz CT molecular complexity index is 1110. The number of carbonyl (C=O) groups excluding carboxylic acids is 3. The van der Waals surface area contributed by atoms with Crippen LogP contribution in [0.3, 0.4) is 0 Å². The Balaban J connectivity index is 1.28. The van der Waals surface area contributed by atoms with Crippen LogP contribution in [-0.2, 0) is 9.53 Å². The van der Waals surface area contributed by atoms with Crippen LogP contribution in [0.5, 0.6) is 11.6 Å². The van der Waals surface area contributed by atoms with E-state index in [9.17, 15) is 23.2 Å². The molecule has 0 radical (unpaired) electrons. The number of ketones is 1. The Morgan fingerprint density at radius 3 is 2.50 bits per heavy atom. The molecule has 3 N–H and O–H groups in total. The molecular formula is C25H28F2N4O5. The molecule has 36 heavy (non-hydrogen) atoms. The highest BCUT2D eigenvalue weighted by Crippen LogP contribution is 2.36. The molecule has 1 saturated heterocycles. The van der Waals surface area contributed by atoms with E-state index in [1.807, 2.05) is 0 Å². The van der Waals surface area contributed by atoms with Crippen molar-refractivity contribution in [1.29, 1.82) is 0 Å². The number of halogens is 2. The fourth-order valence-electron chi connectivity index (χ4n) is 4.50. The van der Waals surface area contributed by atoms with Crippen LogP contribution in [0.25, 0.3) is 0 Å². The molecule has 2 heterocycles. The van der Waals surface area contributed by atoms with E-state index in [0.717, 1.165) is 37.9 Å². The lowest BCUT2D eigenvalue weighted by atomic mass is 9.82. The third kappa shape index (κ3) is 6.54. The summed E-state index contributed by atoms with van der Waals surface area (Å²) in [7, 11) is 1.30. The number of aromatic nitrogens is 1. The summed E-state index contributed by atoms with van der Waals surface area (Å²) in [5, 5.41) is 8.75. The highest BCUT2D eigenvalue weighted by atomic mass is 19.1. The fourth-order valence-corrected chi connectivity index (χ4v) is 4.50. The Morgan fingerprint density at radius 1 is 1.08 bits per heavy atom. The average molecular weight is 503 g/mol. The van der Waals surface area contributed by atoms with Gasteiger partial charge in [0.05, 0.1) is 31.3 Å². The first-order chi connectivity index (χ1) is 17.3. The minimum atomic E-state index is -0.654. The lowest BCUT2D eigenvalue weighted by Crippen LogP contribution is -2.44. The number of Topliss-reactive ketones (excluding diaryl/α,β-unsaturated/α-hetero) is 1. The number of esters is 1. The molecule has 192 valence electrons. The third-order valence-corrected chi connectivity index (χ3v) is 6.47. The second-order valence-electron chi connectivity index (χ2n) is 8.93. The summed E-state index contributed by atoms with van der Waals surface area (Å²) in [6.07, 6.45) is 4.22. The maximum Gasteiger partial charge on any atom is 0.315 e. The van der Waals surface area contributed by atoms with Gasteiger partial charge in [0.2, 0.25) is 5.88 Å². The van der Waals surface area contributed by atoms with Gasteiger partial charge in [-0.05, 0) is 61.9 Å². The average Bonchev–Trinajstić information content (AvgIpc) is 3.67. The van der Waals surface area contributed by atoms with Gasteiger partial charge in [-0.2, -0.15) is 0 Å². The van der Waals surface area contributed by atoms with Gasteiger partial charge in [0.1, 0.15) is 17.4 Å². The van der Waals surface area contributed by atoms with Gasteiger partial charge in [0.15, 0.2) is 5.78 Å². The van der Waals surface area contributed by atoms with E-state index in [0.29, 0.717) is 0 Å². The number of amides is 2. The Hall–Kier alpha value is -3.60. The van der Waals surface area contributed by atoms with Gasteiger partial charge in [-0.15, -0.1) is 0 Å². The second kappa shape index (κ2) is 11.4. The first-order valence-electron chi connectivity index (χ1n) is 11.8. The molecule has 0 spiro atoms. The van der Waals surface area contributed by atoms with E-state index in [-0.39, 0.29) is 65.9 Å². The van der Waals surface area contributed by atoms with Gasteiger partial charge >= 0.3 is 12.0 Å². The predicted octanol–water partition coefficient (Wildman–Crippen LogP) is 3.10. The lowest BCUT2D eigenvalue weighted by molar-refractivity contribution is -0.140. The number of rotatable bonds is 9. The third-order valence-electron chi connectivity index (χ3n) is 6.47. The number of nitrogens with zero attached hydrogens (tertiary/aromatic N) is 1. The van der Waals surface area contributed by atoms with E-state index in [1.54, 1.807) is 0 Å². The molecule has 1 aliphatic heterocycles. The van der Waals surface area contributed by atoms with E-state index in [1.165, 1.54) is 31.4 Å². The van der Waals surface area contributed by atoms with Gasteiger partial charge < -0.3 is 25.4 Å². The largest absolute Gasteiger partial charge is 0.469 e. The number of benzene rings is 1. The topological polar surface area (TPSA) is 129 Å². The van der Waals surface area contributed by atoms with Gasteiger partial charge in [-0.25, -0.2) is 18.6 Å². The maximum atomic E-state index is 13.9. The van der Waals surface area contributed by atoms with Crippen molar-refractivity contribution in [1.82, 2.24) is 20.9 Å². The zero-order valence-electron chi connectivity index (χ0n) is 19.8. The highest BCUT2D eigenvalue weighted by Gasteiger charge is 2.48. The number of methoxy groups -OCH3 is 1. The van der Waals surface area contributed by atoms with Crippen molar-refractivity contribution in [3.63, 3.8) is 0 Å². The smallest absolute Gasteiger partial charge is 0.315 e. The summed E-state index contributed by atoms with van der Waals surface area (Å²) in [5.74, 6) is -1.30. The van der Waals surface area contributed by atoms with Gasteiger partial charge in [0.25, 0.3) is 0 Å². The number of hydrogen-bond donors (Lipinski definition) is 3. The quantitative estimate of drug-likeness (QED) is 0.273. The van der Waals surface area contributed by atoms with Crippen LogP contribution >= 0.6 is 0 Å². The van der Waals surface area contributed by atoms with Crippen molar-refractivity contribution >= 4 is 17.8 Å². The van der Waals surface area contributed by atoms with E-state index < -0.39 is 17.7 Å². The van der Waals surface area contributed by atoms with E-state index >= 15 is 0 Å². The summed E-state index contributed by atoms with van der Waals surface area (Å²) >= 11 is 0. The van der Waals surface area contributed by atoms with Crippen LogP contribution in [0.1, 0.15) is 42.5 Å². The number of ether oxygens (including phenoxy) is 2. The van der Waals surface area contributed by atoms with Crippen molar-refractivity contribution in [2.75, 3.05) is 13.7 Å². The van der Waals surface area contributed by atoms with Crippen molar-refractivity contribution in [3.8, 4) is 11.6 Å². The van der Waals surface area contributed by atoms with Crippen molar-refractivity contribution < 1.29 is 32.6 Å². The maximum absolute atomic E-state index is 13.9. The Morgan fingerprint density at radius 2 is 1.81 bits per heavy atom. The minimum Gasteiger partial charge on any atom is -0.469 e. The number of carbonyl (C=O) groups is 3. The Kier molecular flexibility index (Phi) is 8.09. The van der Waals surface area contributed by atoms with Crippen molar-refractivity contribution in [2.24, 2.45) is 5.92 Å². The zero-order chi connectivity index (χ0) is 25.7. The zero-order valence-corrected chi connectivity index (χ0v) is 19.8. The van der Waals surface area contributed by atoms with Crippen molar-refractivity contribution in [3.05, 3.63) is 53.7 Å². The monoisotopic (exact) mass is 502 g/mol. The predicted molar refractivity (Wildman–Crippen MR) is 125 cm³/mol. The van der Waals surface area contributed by atoms with E-state index in [4.69, 9.17) is 4.74 Å². The first kappa shape index (κ1) is 25.5. The van der Waals surface area contributed by atoms with Crippen molar-refractivity contribution in [2.45, 2.75) is 50.2 Å². The normalized spacial score (nSPS) is 22.9. The summed E-state index contributed by atoms with van der Waals surface area (Å²) in [6.45, 7) is 0.200. The summed E-state index contributed by atoms with van der Waals surface area (Å²) < 4.78 is 37.3. The van der Waals surface area contributed by atoms with E-state index in [2.05, 4.69) is 25.7 Å². The molecule has 2 aliphatic rings. The highest BCUT2D eigenvalue weighted by molar-refractivity contribution is 6.04. The number of pyridine rings is 1. The SMILES string of the molecule is COC(=O)CCNC(=O)NC1CCC(C2NC2C(=O)c2cc(F)cnc2Oc2ccc(F)cc2)CC1. The molecular weight excluding hydrogens is 474 g/mol. The number of hydrogen-bond acceptors (Lipinski definition) is 7. The molecule has 1 aliphatic carbocycles. The fraction of sp³-hybridized carbons (Fsp3) is 0.440. The molecule has 1 saturated carbocycles. The molecule has 1 aromatic carbocycles. The Labute approximate surface area is 206 Å². The molecule has 9 nitrogen and oxygen atoms in total. The molecule has 2 fully saturated rings. The van der Waals surface area contributed by atoms with Gasteiger partial charge in [-0.1, -0.05) is 0 Å². The summed E-state index contributed by atoms with van der Waals surface area (Å²) in [6, 6.07) is 5.51. The summed E-state index contributed by atoms with van der Waals surface area (Å²) in [4.78, 5) is 40.2. The first-order valence-corrected chi connectivity index (χ1v) is 11.8. The molecule has 2 aromatic rings. The number of urea groups is 1. The molecule has 2 unspecified atom stereocenters. The summed E-state index contributed by atoms with van der Waals surface area (Å²) in [5.41, 5.74) is 0.0262. The van der Waals surface area contributed by atoms with Crippen LogP contribution in [-0.4, -0.2) is 54.5 Å². The van der Waals surface area contributed by atoms with Crippen LogP contribution in [0.15, 0.2) is 36.5 Å². The number of nitrogens with one attached hydrogen (secondary N) is 3. The minimum absolute atomic E-state index is 0.00964. The van der Waals surface area contributed by atoms with Gasteiger partial charge in [0, 0.05) is 18.6 Å².